The van der Waals surface area contributed by atoms with Crippen LogP contribution in [0.1, 0.15) is 11.1 Å². The molecule has 0 fully saturated rings. The Balaban J connectivity index is 2.33. The molecule has 12 heavy (non-hydrogen) atoms. The summed E-state index contributed by atoms with van der Waals surface area (Å²) in [6.07, 6.45) is 6.02. The van der Waals surface area contributed by atoms with Gasteiger partial charge in [-0.2, -0.15) is 0 Å². The lowest BCUT2D eigenvalue weighted by atomic mass is 10.1. The maximum Gasteiger partial charge on any atom is 0.0353 e. The fourth-order valence-electron chi connectivity index (χ4n) is 1.71. The molecule has 0 aromatic heterocycles. The molecule has 56 valence electrons. The minimum atomic E-state index is 1.25. The van der Waals surface area contributed by atoms with Crippen molar-refractivity contribution in [3.63, 3.8) is 0 Å². The summed E-state index contributed by atoms with van der Waals surface area (Å²) in [7, 11) is 0. The van der Waals surface area contributed by atoms with Gasteiger partial charge in [-0.1, -0.05) is 24.3 Å². The second kappa shape index (κ2) is 1.95. The van der Waals surface area contributed by atoms with E-state index in [2.05, 4.69) is 35.3 Å². The van der Waals surface area contributed by atoms with E-state index in [0.717, 1.165) is 0 Å². The molecule has 0 amide bonds. The average molecular weight is 153 g/mol. The predicted octanol–water partition coefficient (Wildman–Crippen LogP) is 2.51. The second-order valence-electron chi connectivity index (χ2n) is 3.01. The van der Waals surface area contributed by atoms with E-state index >= 15 is 0 Å². The maximum atomic E-state index is 4.11. The molecule has 1 heterocycles. The lowest BCUT2D eigenvalue weighted by Crippen LogP contribution is -1.79. The summed E-state index contributed by atoms with van der Waals surface area (Å²) in [5, 5.41) is 0. The molecule has 0 atom stereocenters. The standard InChI is InChI=1S/C11H7N/c1-2-4-10-8(3-1)5-9-6-12-7-11(9)10/h1-7H. The van der Waals surface area contributed by atoms with Gasteiger partial charge in [-0.3, -0.25) is 4.99 Å². The smallest absolute Gasteiger partial charge is 0.0353 e. The van der Waals surface area contributed by atoms with E-state index in [4.69, 9.17) is 0 Å². The summed E-state index contributed by atoms with van der Waals surface area (Å²) in [5.74, 6) is 0. The molecule has 1 nitrogen and oxygen atoms in total. The first-order valence-electron chi connectivity index (χ1n) is 4.00. The van der Waals surface area contributed by atoms with Gasteiger partial charge in [-0.15, -0.1) is 0 Å². The molecule has 3 rings (SSSR count). The van der Waals surface area contributed by atoms with Gasteiger partial charge < -0.3 is 0 Å². The van der Waals surface area contributed by atoms with Crippen LogP contribution in [0.15, 0.2) is 41.0 Å². The summed E-state index contributed by atoms with van der Waals surface area (Å²) >= 11 is 0. The molecule has 0 N–H and O–H groups in total. The predicted molar refractivity (Wildman–Crippen MR) is 50.9 cm³/mol. The summed E-state index contributed by atoms with van der Waals surface area (Å²) < 4.78 is 0. The number of fused-ring (bicyclic) bond motifs is 3. The number of aliphatic imine (C=N–C) groups is 1. The maximum absolute atomic E-state index is 4.11. The summed E-state index contributed by atoms with van der Waals surface area (Å²) in [6, 6.07) is 8.40. The first-order valence-corrected chi connectivity index (χ1v) is 4.00. The number of allylic oxidation sites excluding steroid dienone is 2. The van der Waals surface area contributed by atoms with Gasteiger partial charge in [0.15, 0.2) is 0 Å². The van der Waals surface area contributed by atoms with Crippen LogP contribution in [0.25, 0.3) is 11.6 Å². The molecule has 0 bridgehead atoms. The van der Waals surface area contributed by atoms with Gasteiger partial charge in [0, 0.05) is 23.6 Å². The molecule has 1 aromatic rings. The van der Waals surface area contributed by atoms with Crippen molar-refractivity contribution >= 4 is 17.9 Å². The highest BCUT2D eigenvalue weighted by atomic mass is 14.7. The number of rotatable bonds is 0. The van der Waals surface area contributed by atoms with E-state index in [9.17, 15) is 0 Å². The first-order chi connectivity index (χ1) is 5.95. The van der Waals surface area contributed by atoms with Crippen molar-refractivity contribution in [2.24, 2.45) is 4.99 Å². The SMILES string of the molecule is C1=NC=C2C1=Cc1ccccc12. The molecule has 0 radical (unpaired) electrons. The highest BCUT2D eigenvalue weighted by molar-refractivity contribution is 6.13. The van der Waals surface area contributed by atoms with Gasteiger partial charge >= 0.3 is 0 Å². The van der Waals surface area contributed by atoms with Gasteiger partial charge in [-0.05, 0) is 17.2 Å². The van der Waals surface area contributed by atoms with Crippen LogP contribution in [0, 0.1) is 0 Å². The van der Waals surface area contributed by atoms with Crippen LogP contribution in [0.3, 0.4) is 0 Å². The van der Waals surface area contributed by atoms with Crippen LogP contribution in [-0.4, -0.2) is 6.21 Å². The lowest BCUT2D eigenvalue weighted by Gasteiger charge is -1.97. The van der Waals surface area contributed by atoms with Crippen LogP contribution in [0.5, 0.6) is 0 Å². The van der Waals surface area contributed by atoms with Crippen molar-refractivity contribution in [2.75, 3.05) is 0 Å². The second-order valence-corrected chi connectivity index (χ2v) is 3.01. The topological polar surface area (TPSA) is 12.4 Å². The Morgan fingerprint density at radius 2 is 2.00 bits per heavy atom. The monoisotopic (exact) mass is 153 g/mol. The Morgan fingerprint density at radius 3 is 3.00 bits per heavy atom. The zero-order valence-corrected chi connectivity index (χ0v) is 6.49. The molecule has 0 spiro atoms. The Bertz CT molecular complexity index is 436. The highest BCUT2D eigenvalue weighted by Gasteiger charge is 2.18. The third-order valence-corrected chi connectivity index (χ3v) is 2.29. The quantitative estimate of drug-likeness (QED) is 0.543. The molecule has 1 heteroatoms. The fraction of sp³-hybridized carbons (Fsp3) is 0. The molecule has 1 aliphatic carbocycles. The molecule has 0 saturated carbocycles. The van der Waals surface area contributed by atoms with Crippen LogP contribution in [0.4, 0.5) is 0 Å². The van der Waals surface area contributed by atoms with Crippen molar-refractivity contribution < 1.29 is 0 Å². The molecule has 0 unspecified atom stereocenters. The van der Waals surface area contributed by atoms with Crippen LogP contribution < -0.4 is 0 Å². The van der Waals surface area contributed by atoms with E-state index in [1.807, 2.05) is 12.4 Å². The Kier molecular flexibility index (Phi) is 0.965. The van der Waals surface area contributed by atoms with Crippen molar-refractivity contribution in [1.82, 2.24) is 0 Å². The van der Waals surface area contributed by atoms with Crippen LogP contribution in [-0.2, 0) is 0 Å². The summed E-state index contributed by atoms with van der Waals surface area (Å²) in [4.78, 5) is 4.11. The van der Waals surface area contributed by atoms with Gasteiger partial charge in [-0.25, -0.2) is 0 Å². The Labute approximate surface area is 70.8 Å². The number of nitrogens with zero attached hydrogens (tertiary/aromatic N) is 1. The summed E-state index contributed by atoms with van der Waals surface area (Å²) in [5.41, 5.74) is 5.14. The largest absolute Gasteiger partial charge is 0.263 e. The van der Waals surface area contributed by atoms with E-state index in [1.54, 1.807) is 0 Å². The average Bonchev–Trinajstić information content (AvgIpc) is 2.62. The van der Waals surface area contributed by atoms with Crippen molar-refractivity contribution in [3.8, 4) is 0 Å². The molecule has 2 aliphatic rings. The highest BCUT2D eigenvalue weighted by Crippen LogP contribution is 2.36. The van der Waals surface area contributed by atoms with Crippen LogP contribution >= 0.6 is 0 Å². The van der Waals surface area contributed by atoms with Gasteiger partial charge in [0.1, 0.15) is 0 Å². The molecular formula is C11H7N. The number of hydrogen-bond donors (Lipinski definition) is 0. The van der Waals surface area contributed by atoms with Crippen molar-refractivity contribution in [1.29, 1.82) is 0 Å². The van der Waals surface area contributed by atoms with E-state index in [0.29, 0.717) is 0 Å². The normalized spacial score (nSPS) is 17.0. The molecular weight excluding hydrogens is 146 g/mol. The number of benzene rings is 1. The minimum Gasteiger partial charge on any atom is -0.263 e. The molecule has 0 saturated heterocycles. The van der Waals surface area contributed by atoms with E-state index < -0.39 is 0 Å². The Hall–Kier alpha value is -1.63. The zero-order chi connectivity index (χ0) is 7.97. The van der Waals surface area contributed by atoms with E-state index in [-0.39, 0.29) is 0 Å². The van der Waals surface area contributed by atoms with Gasteiger partial charge in [0.25, 0.3) is 0 Å². The third-order valence-electron chi connectivity index (χ3n) is 2.29. The first kappa shape index (κ1) is 5.95. The van der Waals surface area contributed by atoms with Crippen LogP contribution in [0.2, 0.25) is 0 Å². The lowest BCUT2D eigenvalue weighted by molar-refractivity contribution is 1.58. The summed E-state index contributed by atoms with van der Waals surface area (Å²) in [6.45, 7) is 0. The van der Waals surface area contributed by atoms with Crippen molar-refractivity contribution in [2.45, 2.75) is 0 Å². The molecule has 1 aliphatic heterocycles. The van der Waals surface area contributed by atoms with Gasteiger partial charge in [0.05, 0.1) is 0 Å². The molecule has 1 aromatic carbocycles. The van der Waals surface area contributed by atoms with Crippen molar-refractivity contribution in [3.05, 3.63) is 47.2 Å². The zero-order valence-electron chi connectivity index (χ0n) is 6.49. The van der Waals surface area contributed by atoms with E-state index in [1.165, 1.54) is 22.3 Å². The minimum absolute atomic E-state index is 1.25. The number of hydrogen-bond acceptors (Lipinski definition) is 1. The third kappa shape index (κ3) is 0.607. The van der Waals surface area contributed by atoms with Gasteiger partial charge in [0.2, 0.25) is 0 Å². The Morgan fingerprint density at radius 1 is 1.08 bits per heavy atom. The fourth-order valence-corrected chi connectivity index (χ4v) is 1.71.